The zero-order chi connectivity index (χ0) is 12.3. The van der Waals surface area contributed by atoms with Gasteiger partial charge >= 0.3 is 0 Å². The first-order chi connectivity index (χ1) is 8.20. The molecule has 0 aliphatic heterocycles. The number of rotatable bonds is 4. The molecule has 0 radical (unpaired) electrons. The van der Waals surface area contributed by atoms with Gasteiger partial charge in [-0.1, -0.05) is 6.07 Å². The molecule has 0 spiro atoms. The third kappa shape index (κ3) is 2.91. The average molecular weight is 236 g/mol. The second-order valence-corrected chi connectivity index (χ2v) is 4.61. The zero-order valence-electron chi connectivity index (χ0n) is 10.5. The predicted octanol–water partition coefficient (Wildman–Crippen LogP) is 3.07. The molecule has 1 atom stereocenters. The Balaban J connectivity index is 2.19. The van der Waals surface area contributed by atoms with E-state index in [1.165, 1.54) is 12.8 Å². The summed E-state index contributed by atoms with van der Waals surface area (Å²) in [4.78, 5) is 0. The van der Waals surface area contributed by atoms with Crippen LogP contribution >= 0.6 is 0 Å². The summed E-state index contributed by atoms with van der Waals surface area (Å²) in [5.41, 5.74) is 0.860. The van der Waals surface area contributed by atoms with Crippen LogP contribution in [0.25, 0.3) is 0 Å². The molecule has 0 saturated heterocycles. The van der Waals surface area contributed by atoms with Crippen molar-refractivity contribution in [3.63, 3.8) is 0 Å². The monoisotopic (exact) mass is 236 g/mol. The van der Waals surface area contributed by atoms with Crippen LogP contribution in [-0.4, -0.2) is 18.3 Å². The van der Waals surface area contributed by atoms with E-state index in [2.05, 4.69) is 0 Å². The number of hydrogen-bond donors (Lipinski definition) is 1. The van der Waals surface area contributed by atoms with E-state index in [-0.39, 0.29) is 0 Å². The smallest absolute Gasteiger partial charge is 0.161 e. The van der Waals surface area contributed by atoms with Crippen molar-refractivity contribution in [3.05, 3.63) is 23.8 Å². The predicted molar refractivity (Wildman–Crippen MR) is 66.5 cm³/mol. The second kappa shape index (κ2) is 5.41. The van der Waals surface area contributed by atoms with Gasteiger partial charge in [-0.05, 0) is 50.3 Å². The molecule has 17 heavy (non-hydrogen) atoms. The lowest BCUT2D eigenvalue weighted by Gasteiger charge is -2.17. The molecule has 0 aromatic heterocycles. The average Bonchev–Trinajstić information content (AvgIpc) is 2.81. The molecule has 3 nitrogen and oxygen atoms in total. The molecule has 1 fully saturated rings. The van der Waals surface area contributed by atoms with Crippen LogP contribution < -0.4 is 9.47 Å². The van der Waals surface area contributed by atoms with E-state index in [0.29, 0.717) is 6.10 Å². The largest absolute Gasteiger partial charge is 0.493 e. The molecule has 0 amide bonds. The van der Waals surface area contributed by atoms with Gasteiger partial charge in [-0.2, -0.15) is 0 Å². The van der Waals surface area contributed by atoms with Crippen LogP contribution in [0.5, 0.6) is 11.5 Å². The molecule has 1 aliphatic carbocycles. The van der Waals surface area contributed by atoms with E-state index in [4.69, 9.17) is 9.47 Å². The lowest BCUT2D eigenvalue weighted by Crippen LogP contribution is -2.12. The standard InChI is InChI=1S/C14H20O3/c1-10(15)11-7-8-13(16-2)14(9-11)17-12-5-3-4-6-12/h7-10,12,15H,3-6H2,1-2H3. The topological polar surface area (TPSA) is 38.7 Å². The quantitative estimate of drug-likeness (QED) is 0.873. The Hall–Kier alpha value is -1.22. The summed E-state index contributed by atoms with van der Waals surface area (Å²) in [7, 11) is 1.64. The Labute approximate surface area is 102 Å². The summed E-state index contributed by atoms with van der Waals surface area (Å²) in [6, 6.07) is 5.60. The van der Waals surface area contributed by atoms with Crippen molar-refractivity contribution in [1.82, 2.24) is 0 Å². The number of aliphatic hydroxyl groups is 1. The van der Waals surface area contributed by atoms with Crippen LogP contribution in [0.2, 0.25) is 0 Å². The molecule has 0 bridgehead atoms. The van der Waals surface area contributed by atoms with Gasteiger partial charge < -0.3 is 14.6 Å². The number of ether oxygens (including phenoxy) is 2. The molecule has 1 N–H and O–H groups in total. The summed E-state index contributed by atoms with van der Waals surface area (Å²) >= 11 is 0. The first kappa shape index (κ1) is 12.2. The fraction of sp³-hybridized carbons (Fsp3) is 0.571. The third-order valence-electron chi connectivity index (χ3n) is 3.27. The highest BCUT2D eigenvalue weighted by Crippen LogP contribution is 2.33. The van der Waals surface area contributed by atoms with Crippen LogP contribution in [0, 0.1) is 0 Å². The SMILES string of the molecule is COc1ccc(C(C)O)cc1OC1CCCC1. The van der Waals surface area contributed by atoms with Gasteiger partial charge in [-0.25, -0.2) is 0 Å². The van der Waals surface area contributed by atoms with E-state index < -0.39 is 6.10 Å². The van der Waals surface area contributed by atoms with Crippen LogP contribution in [0.15, 0.2) is 18.2 Å². The first-order valence-corrected chi connectivity index (χ1v) is 6.23. The van der Waals surface area contributed by atoms with Crippen LogP contribution in [0.3, 0.4) is 0 Å². The lowest BCUT2D eigenvalue weighted by molar-refractivity contribution is 0.190. The molecule has 1 aromatic rings. The summed E-state index contributed by atoms with van der Waals surface area (Å²) in [5.74, 6) is 1.49. The van der Waals surface area contributed by atoms with Gasteiger partial charge in [0.15, 0.2) is 11.5 Å². The highest BCUT2D eigenvalue weighted by Gasteiger charge is 2.19. The number of hydrogen-bond acceptors (Lipinski definition) is 3. The van der Waals surface area contributed by atoms with Crippen molar-refractivity contribution in [2.45, 2.75) is 44.8 Å². The van der Waals surface area contributed by atoms with Gasteiger partial charge in [0.05, 0.1) is 19.3 Å². The third-order valence-corrected chi connectivity index (χ3v) is 3.27. The van der Waals surface area contributed by atoms with Crippen LogP contribution in [0.1, 0.15) is 44.3 Å². The summed E-state index contributed by atoms with van der Waals surface area (Å²) in [6.07, 6.45) is 4.52. The normalized spacial score (nSPS) is 18.1. The lowest BCUT2D eigenvalue weighted by atomic mass is 10.1. The van der Waals surface area contributed by atoms with Gasteiger partial charge in [0.2, 0.25) is 0 Å². The van der Waals surface area contributed by atoms with Crippen molar-refractivity contribution in [1.29, 1.82) is 0 Å². The van der Waals surface area contributed by atoms with E-state index in [9.17, 15) is 5.11 Å². The molecule has 1 unspecified atom stereocenters. The van der Waals surface area contributed by atoms with E-state index >= 15 is 0 Å². The van der Waals surface area contributed by atoms with E-state index in [1.54, 1.807) is 14.0 Å². The first-order valence-electron chi connectivity index (χ1n) is 6.23. The Bertz CT molecular complexity index is 368. The molecule has 1 aliphatic rings. The highest BCUT2D eigenvalue weighted by atomic mass is 16.5. The number of benzene rings is 1. The summed E-state index contributed by atoms with van der Waals surface area (Å²) < 4.78 is 11.2. The summed E-state index contributed by atoms with van der Waals surface area (Å²) in [5, 5.41) is 9.58. The molecular weight excluding hydrogens is 216 g/mol. The van der Waals surface area contributed by atoms with Gasteiger partial charge in [0.25, 0.3) is 0 Å². The Morgan fingerprint density at radius 2 is 1.94 bits per heavy atom. The molecular formula is C14H20O3. The van der Waals surface area contributed by atoms with Crippen molar-refractivity contribution in [2.75, 3.05) is 7.11 Å². The maximum atomic E-state index is 9.58. The minimum atomic E-state index is -0.480. The van der Waals surface area contributed by atoms with Crippen molar-refractivity contribution in [2.24, 2.45) is 0 Å². The molecule has 0 heterocycles. The maximum absolute atomic E-state index is 9.58. The second-order valence-electron chi connectivity index (χ2n) is 4.61. The van der Waals surface area contributed by atoms with Gasteiger partial charge in [0.1, 0.15) is 0 Å². The Kier molecular flexibility index (Phi) is 3.89. The number of aliphatic hydroxyl groups excluding tert-OH is 1. The molecule has 94 valence electrons. The molecule has 1 aromatic carbocycles. The van der Waals surface area contributed by atoms with Crippen molar-refractivity contribution < 1.29 is 14.6 Å². The fourth-order valence-electron chi connectivity index (χ4n) is 2.23. The molecule has 3 heteroatoms. The summed E-state index contributed by atoms with van der Waals surface area (Å²) in [6.45, 7) is 1.75. The van der Waals surface area contributed by atoms with Gasteiger partial charge in [-0.15, -0.1) is 0 Å². The molecule has 1 saturated carbocycles. The Morgan fingerprint density at radius 3 is 2.53 bits per heavy atom. The van der Waals surface area contributed by atoms with Crippen molar-refractivity contribution >= 4 is 0 Å². The highest BCUT2D eigenvalue weighted by molar-refractivity contribution is 5.43. The van der Waals surface area contributed by atoms with E-state index in [0.717, 1.165) is 29.9 Å². The minimum absolute atomic E-state index is 0.299. The number of methoxy groups -OCH3 is 1. The Morgan fingerprint density at radius 1 is 1.24 bits per heavy atom. The van der Waals surface area contributed by atoms with E-state index in [1.807, 2.05) is 18.2 Å². The maximum Gasteiger partial charge on any atom is 0.161 e. The van der Waals surface area contributed by atoms with Gasteiger partial charge in [-0.3, -0.25) is 0 Å². The van der Waals surface area contributed by atoms with Crippen LogP contribution in [0.4, 0.5) is 0 Å². The van der Waals surface area contributed by atoms with Crippen LogP contribution in [-0.2, 0) is 0 Å². The zero-order valence-corrected chi connectivity index (χ0v) is 10.5. The minimum Gasteiger partial charge on any atom is -0.493 e. The fourth-order valence-corrected chi connectivity index (χ4v) is 2.23. The van der Waals surface area contributed by atoms with Crippen molar-refractivity contribution in [3.8, 4) is 11.5 Å². The molecule has 2 rings (SSSR count). The van der Waals surface area contributed by atoms with Gasteiger partial charge in [0, 0.05) is 0 Å².